The third kappa shape index (κ3) is 5.59. The van der Waals surface area contributed by atoms with Gasteiger partial charge in [0.1, 0.15) is 5.82 Å². The van der Waals surface area contributed by atoms with Crippen LogP contribution in [0.4, 0.5) is 4.39 Å². The van der Waals surface area contributed by atoms with Gasteiger partial charge >= 0.3 is 0 Å². The molecule has 0 atom stereocenters. The van der Waals surface area contributed by atoms with Crippen molar-refractivity contribution in [2.75, 3.05) is 20.1 Å². The van der Waals surface area contributed by atoms with E-state index in [2.05, 4.69) is 17.3 Å². The molecule has 1 aromatic rings. The summed E-state index contributed by atoms with van der Waals surface area (Å²) in [6.45, 7) is 2.84. The van der Waals surface area contributed by atoms with Crippen molar-refractivity contribution >= 4 is 0 Å². The van der Waals surface area contributed by atoms with E-state index in [0.717, 1.165) is 25.2 Å². The van der Waals surface area contributed by atoms with Crippen molar-refractivity contribution in [2.24, 2.45) is 0 Å². The molecule has 1 saturated carbocycles. The van der Waals surface area contributed by atoms with Crippen LogP contribution in [0.25, 0.3) is 0 Å². The molecule has 0 aliphatic heterocycles. The summed E-state index contributed by atoms with van der Waals surface area (Å²) in [7, 11) is 2.10. The highest BCUT2D eigenvalue weighted by Gasteiger charge is 2.11. The van der Waals surface area contributed by atoms with Crippen molar-refractivity contribution in [3.63, 3.8) is 0 Å². The molecule has 112 valence electrons. The Hall–Kier alpha value is -0.930. The lowest BCUT2D eigenvalue weighted by molar-refractivity contribution is 0.311. The summed E-state index contributed by atoms with van der Waals surface area (Å²) in [5, 5.41) is 3.67. The predicted octanol–water partition coefficient (Wildman–Crippen LogP) is 3.57. The van der Waals surface area contributed by atoms with Gasteiger partial charge in [0.2, 0.25) is 0 Å². The van der Waals surface area contributed by atoms with Crippen LogP contribution in [-0.2, 0) is 6.54 Å². The minimum absolute atomic E-state index is 0.146. The molecule has 0 aromatic heterocycles. The van der Waals surface area contributed by atoms with Gasteiger partial charge in [-0.15, -0.1) is 0 Å². The molecule has 0 radical (unpaired) electrons. The molecule has 0 heterocycles. The summed E-state index contributed by atoms with van der Waals surface area (Å²) >= 11 is 0. The van der Waals surface area contributed by atoms with Crippen LogP contribution in [0.1, 0.15) is 44.1 Å². The first kappa shape index (κ1) is 15.5. The first-order valence-electron chi connectivity index (χ1n) is 7.90. The van der Waals surface area contributed by atoms with Gasteiger partial charge in [0, 0.05) is 25.7 Å². The van der Waals surface area contributed by atoms with Crippen molar-refractivity contribution in [3.8, 4) is 0 Å². The SMILES string of the molecule is CN(CCNC1CCCCCC1)Cc1cccc(F)c1. The fraction of sp³-hybridized carbons (Fsp3) is 0.647. The number of nitrogens with one attached hydrogen (secondary N) is 1. The molecule has 1 aliphatic carbocycles. The first-order chi connectivity index (χ1) is 9.74. The number of hydrogen-bond acceptors (Lipinski definition) is 2. The second-order valence-electron chi connectivity index (χ2n) is 6.01. The van der Waals surface area contributed by atoms with E-state index in [1.54, 1.807) is 12.1 Å². The fourth-order valence-corrected chi connectivity index (χ4v) is 2.97. The van der Waals surface area contributed by atoms with Crippen molar-refractivity contribution in [1.82, 2.24) is 10.2 Å². The van der Waals surface area contributed by atoms with Crippen molar-refractivity contribution in [3.05, 3.63) is 35.6 Å². The van der Waals surface area contributed by atoms with Crippen LogP contribution in [0, 0.1) is 5.82 Å². The zero-order chi connectivity index (χ0) is 14.2. The van der Waals surface area contributed by atoms with E-state index in [9.17, 15) is 4.39 Å². The average Bonchev–Trinajstić information content (AvgIpc) is 2.67. The van der Waals surface area contributed by atoms with Crippen LogP contribution >= 0.6 is 0 Å². The van der Waals surface area contributed by atoms with E-state index in [1.165, 1.54) is 44.6 Å². The first-order valence-corrected chi connectivity index (χ1v) is 7.90. The molecule has 0 amide bonds. The van der Waals surface area contributed by atoms with E-state index in [0.29, 0.717) is 6.04 Å². The largest absolute Gasteiger partial charge is 0.313 e. The van der Waals surface area contributed by atoms with Crippen molar-refractivity contribution in [1.29, 1.82) is 0 Å². The van der Waals surface area contributed by atoms with Crippen LogP contribution in [-0.4, -0.2) is 31.1 Å². The number of likely N-dealkylation sites (N-methyl/N-ethyl adjacent to an activating group) is 1. The maximum atomic E-state index is 13.1. The number of nitrogens with zero attached hydrogens (tertiary/aromatic N) is 1. The molecule has 0 saturated heterocycles. The van der Waals surface area contributed by atoms with Gasteiger partial charge in [-0.05, 0) is 37.6 Å². The van der Waals surface area contributed by atoms with Crippen LogP contribution in [0.15, 0.2) is 24.3 Å². The third-order valence-corrected chi connectivity index (χ3v) is 4.12. The second-order valence-corrected chi connectivity index (χ2v) is 6.01. The zero-order valence-corrected chi connectivity index (χ0v) is 12.6. The van der Waals surface area contributed by atoms with Gasteiger partial charge in [-0.3, -0.25) is 0 Å². The van der Waals surface area contributed by atoms with Gasteiger partial charge < -0.3 is 10.2 Å². The Labute approximate surface area is 122 Å². The van der Waals surface area contributed by atoms with Gasteiger partial charge in [-0.25, -0.2) is 4.39 Å². The maximum Gasteiger partial charge on any atom is 0.123 e. The van der Waals surface area contributed by atoms with Gasteiger partial charge in [0.15, 0.2) is 0 Å². The Morgan fingerprint density at radius 3 is 2.65 bits per heavy atom. The fourth-order valence-electron chi connectivity index (χ4n) is 2.97. The summed E-state index contributed by atoms with van der Waals surface area (Å²) in [6.07, 6.45) is 8.20. The van der Waals surface area contributed by atoms with E-state index >= 15 is 0 Å². The molecule has 3 heteroatoms. The minimum atomic E-state index is -0.146. The molecule has 0 unspecified atom stereocenters. The number of rotatable bonds is 6. The summed E-state index contributed by atoms with van der Waals surface area (Å²) < 4.78 is 13.1. The van der Waals surface area contributed by atoms with Crippen LogP contribution < -0.4 is 5.32 Å². The van der Waals surface area contributed by atoms with E-state index in [4.69, 9.17) is 0 Å². The standard InChI is InChI=1S/C17H27FN2/c1-20(14-15-7-6-8-16(18)13-15)12-11-19-17-9-4-2-3-5-10-17/h6-8,13,17,19H,2-5,9-12,14H2,1H3. The van der Waals surface area contributed by atoms with Gasteiger partial charge in [-0.2, -0.15) is 0 Å². The summed E-state index contributed by atoms with van der Waals surface area (Å²) in [5.74, 6) is -0.146. The van der Waals surface area contributed by atoms with E-state index < -0.39 is 0 Å². The highest BCUT2D eigenvalue weighted by atomic mass is 19.1. The normalized spacial score (nSPS) is 17.4. The Kier molecular flexibility index (Phi) is 6.48. The van der Waals surface area contributed by atoms with Crippen LogP contribution in [0.2, 0.25) is 0 Å². The van der Waals surface area contributed by atoms with Crippen LogP contribution in [0.3, 0.4) is 0 Å². The summed E-state index contributed by atoms with van der Waals surface area (Å²) in [5.41, 5.74) is 1.04. The number of halogens is 1. The molecule has 1 N–H and O–H groups in total. The third-order valence-electron chi connectivity index (χ3n) is 4.12. The van der Waals surface area contributed by atoms with Gasteiger partial charge in [0.25, 0.3) is 0 Å². The molecule has 0 spiro atoms. The Bertz CT molecular complexity index is 386. The molecular weight excluding hydrogens is 251 g/mol. The monoisotopic (exact) mass is 278 g/mol. The number of benzene rings is 1. The topological polar surface area (TPSA) is 15.3 Å². The molecular formula is C17H27FN2. The molecule has 2 rings (SSSR count). The minimum Gasteiger partial charge on any atom is -0.313 e. The smallest absolute Gasteiger partial charge is 0.123 e. The second kappa shape index (κ2) is 8.38. The molecule has 2 nitrogen and oxygen atoms in total. The molecule has 20 heavy (non-hydrogen) atoms. The Morgan fingerprint density at radius 1 is 1.20 bits per heavy atom. The maximum absolute atomic E-state index is 13.1. The lowest BCUT2D eigenvalue weighted by atomic mass is 10.1. The molecule has 1 fully saturated rings. The van der Waals surface area contributed by atoms with E-state index in [1.807, 2.05) is 6.07 Å². The van der Waals surface area contributed by atoms with E-state index in [-0.39, 0.29) is 5.82 Å². The van der Waals surface area contributed by atoms with Gasteiger partial charge in [-0.1, -0.05) is 37.8 Å². The lowest BCUT2D eigenvalue weighted by Gasteiger charge is -2.20. The highest BCUT2D eigenvalue weighted by molar-refractivity contribution is 5.15. The average molecular weight is 278 g/mol. The van der Waals surface area contributed by atoms with Crippen molar-refractivity contribution in [2.45, 2.75) is 51.1 Å². The molecule has 1 aromatic carbocycles. The quantitative estimate of drug-likeness (QED) is 0.800. The Balaban J connectivity index is 1.65. The number of hydrogen-bond donors (Lipinski definition) is 1. The molecule has 0 bridgehead atoms. The highest BCUT2D eigenvalue weighted by Crippen LogP contribution is 2.16. The Morgan fingerprint density at radius 2 is 1.95 bits per heavy atom. The van der Waals surface area contributed by atoms with Crippen LogP contribution in [0.5, 0.6) is 0 Å². The lowest BCUT2D eigenvalue weighted by Crippen LogP contribution is -2.35. The predicted molar refractivity (Wildman–Crippen MR) is 82.2 cm³/mol. The summed E-state index contributed by atoms with van der Waals surface area (Å²) in [4.78, 5) is 2.25. The van der Waals surface area contributed by atoms with Gasteiger partial charge in [0.05, 0.1) is 0 Å². The zero-order valence-electron chi connectivity index (χ0n) is 12.6. The molecule has 1 aliphatic rings. The van der Waals surface area contributed by atoms with Crippen molar-refractivity contribution < 1.29 is 4.39 Å². The summed E-state index contributed by atoms with van der Waals surface area (Å²) in [6, 6.07) is 7.59.